The van der Waals surface area contributed by atoms with Gasteiger partial charge in [-0.15, -0.1) is 0 Å². The molecule has 1 fully saturated rings. The van der Waals surface area contributed by atoms with Gasteiger partial charge in [-0.1, -0.05) is 19.8 Å². The molecule has 1 aliphatic carbocycles. The topological polar surface area (TPSA) is 57.5 Å². The maximum absolute atomic E-state index is 10.8. The molecule has 0 aromatic rings. The number of rotatable bonds is 3. The first-order valence-corrected chi connectivity index (χ1v) is 4.57. The molecule has 0 aromatic carbocycles. The molecule has 0 amide bonds. The van der Waals surface area contributed by atoms with Gasteiger partial charge in [0.1, 0.15) is 0 Å². The summed E-state index contributed by atoms with van der Waals surface area (Å²) >= 11 is 0. The van der Waals surface area contributed by atoms with Crippen LogP contribution in [0.5, 0.6) is 0 Å². The average molecular weight is 172 g/mol. The van der Waals surface area contributed by atoms with E-state index in [1.165, 1.54) is 0 Å². The lowest BCUT2D eigenvalue weighted by atomic mass is 9.84. The zero-order chi connectivity index (χ0) is 9.19. The number of carbonyl (C=O) groups is 1. The molecule has 0 radical (unpaired) electrons. The van der Waals surface area contributed by atoms with E-state index in [1.807, 2.05) is 0 Å². The summed E-state index contributed by atoms with van der Waals surface area (Å²) in [4.78, 5) is 10.8. The van der Waals surface area contributed by atoms with Gasteiger partial charge in [0.25, 0.3) is 0 Å². The number of carboxylic acid groups (broad SMARTS) is 1. The van der Waals surface area contributed by atoms with Gasteiger partial charge in [-0.05, 0) is 25.2 Å². The van der Waals surface area contributed by atoms with Crippen molar-refractivity contribution in [3.05, 3.63) is 0 Å². The van der Waals surface area contributed by atoms with Crippen LogP contribution in [0.1, 0.15) is 39.0 Å². The van der Waals surface area contributed by atoms with Crippen LogP contribution in [0.4, 0.5) is 0 Å². The summed E-state index contributed by atoms with van der Waals surface area (Å²) in [6.45, 7) is 1.73. The third-order valence-electron chi connectivity index (χ3n) is 2.94. The summed E-state index contributed by atoms with van der Waals surface area (Å²) in [5.41, 5.74) is -1.46. The molecule has 0 aliphatic heterocycles. The summed E-state index contributed by atoms with van der Waals surface area (Å²) in [5, 5.41) is 18.6. The SMILES string of the molecule is CCC(O)(C(=O)O)C1CCCC1. The molecule has 3 heteroatoms. The van der Waals surface area contributed by atoms with Crippen molar-refractivity contribution < 1.29 is 15.0 Å². The van der Waals surface area contributed by atoms with Crippen molar-refractivity contribution >= 4 is 5.97 Å². The molecule has 12 heavy (non-hydrogen) atoms. The molecule has 1 aliphatic rings. The number of aliphatic carboxylic acids is 1. The van der Waals surface area contributed by atoms with Crippen LogP contribution >= 0.6 is 0 Å². The summed E-state index contributed by atoms with van der Waals surface area (Å²) in [6.07, 6.45) is 4.14. The number of hydrogen-bond acceptors (Lipinski definition) is 2. The Hall–Kier alpha value is -0.570. The minimum atomic E-state index is -1.46. The monoisotopic (exact) mass is 172 g/mol. The molecular formula is C9H16O3. The lowest BCUT2D eigenvalue weighted by molar-refractivity contribution is -0.165. The molecule has 3 nitrogen and oxygen atoms in total. The lowest BCUT2D eigenvalue weighted by Gasteiger charge is -2.28. The van der Waals surface area contributed by atoms with Crippen molar-refractivity contribution in [1.29, 1.82) is 0 Å². The second-order valence-electron chi connectivity index (χ2n) is 3.56. The van der Waals surface area contributed by atoms with Gasteiger partial charge in [0.2, 0.25) is 0 Å². The molecular weight excluding hydrogens is 156 g/mol. The maximum atomic E-state index is 10.8. The second kappa shape index (κ2) is 3.44. The summed E-state index contributed by atoms with van der Waals surface area (Å²) in [6, 6.07) is 0. The first kappa shape index (κ1) is 9.52. The van der Waals surface area contributed by atoms with E-state index in [9.17, 15) is 9.90 Å². The molecule has 0 bridgehead atoms. The molecule has 0 saturated heterocycles. The van der Waals surface area contributed by atoms with Gasteiger partial charge in [0.05, 0.1) is 0 Å². The predicted octanol–water partition coefficient (Wildman–Crippen LogP) is 1.40. The van der Waals surface area contributed by atoms with Gasteiger partial charge in [-0.25, -0.2) is 4.79 Å². The average Bonchev–Trinajstić information content (AvgIpc) is 2.54. The Labute approximate surface area is 72.4 Å². The van der Waals surface area contributed by atoms with E-state index in [2.05, 4.69) is 0 Å². The summed E-state index contributed by atoms with van der Waals surface area (Å²) < 4.78 is 0. The Kier molecular flexibility index (Phi) is 2.73. The summed E-state index contributed by atoms with van der Waals surface area (Å²) in [7, 11) is 0. The molecule has 0 heterocycles. The third-order valence-corrected chi connectivity index (χ3v) is 2.94. The van der Waals surface area contributed by atoms with Crippen LogP contribution in [-0.2, 0) is 4.79 Å². The Balaban J connectivity index is 2.70. The van der Waals surface area contributed by atoms with Crippen LogP contribution in [0.2, 0.25) is 0 Å². The van der Waals surface area contributed by atoms with Crippen LogP contribution in [-0.4, -0.2) is 21.8 Å². The zero-order valence-electron chi connectivity index (χ0n) is 7.42. The number of hydrogen-bond donors (Lipinski definition) is 2. The van der Waals surface area contributed by atoms with E-state index in [-0.39, 0.29) is 5.92 Å². The van der Waals surface area contributed by atoms with Crippen LogP contribution < -0.4 is 0 Å². The minimum absolute atomic E-state index is 0.0278. The Bertz CT molecular complexity index is 173. The second-order valence-corrected chi connectivity index (χ2v) is 3.56. The highest BCUT2D eigenvalue weighted by Crippen LogP contribution is 2.36. The van der Waals surface area contributed by atoms with Crippen LogP contribution in [0.3, 0.4) is 0 Å². The largest absolute Gasteiger partial charge is 0.479 e. The van der Waals surface area contributed by atoms with Crippen molar-refractivity contribution in [2.45, 2.75) is 44.6 Å². The van der Waals surface area contributed by atoms with Crippen molar-refractivity contribution in [3.63, 3.8) is 0 Å². The maximum Gasteiger partial charge on any atom is 0.335 e. The molecule has 70 valence electrons. The molecule has 1 atom stereocenters. The van der Waals surface area contributed by atoms with Gasteiger partial charge in [0.15, 0.2) is 5.60 Å². The molecule has 2 N–H and O–H groups in total. The van der Waals surface area contributed by atoms with Crippen LogP contribution in [0, 0.1) is 5.92 Å². The van der Waals surface area contributed by atoms with E-state index < -0.39 is 11.6 Å². The van der Waals surface area contributed by atoms with Crippen molar-refractivity contribution in [2.75, 3.05) is 0 Å². The molecule has 1 saturated carbocycles. The fourth-order valence-electron chi connectivity index (χ4n) is 2.02. The molecule has 0 aromatic heterocycles. The quantitative estimate of drug-likeness (QED) is 0.676. The van der Waals surface area contributed by atoms with Crippen molar-refractivity contribution in [3.8, 4) is 0 Å². The summed E-state index contributed by atoms with van der Waals surface area (Å²) in [5.74, 6) is -1.09. The van der Waals surface area contributed by atoms with Crippen LogP contribution in [0.15, 0.2) is 0 Å². The van der Waals surface area contributed by atoms with E-state index in [4.69, 9.17) is 5.11 Å². The smallest absolute Gasteiger partial charge is 0.335 e. The Morgan fingerprint density at radius 2 is 2.00 bits per heavy atom. The fourth-order valence-corrected chi connectivity index (χ4v) is 2.02. The van der Waals surface area contributed by atoms with Gasteiger partial charge in [-0.2, -0.15) is 0 Å². The normalized spacial score (nSPS) is 23.8. The molecule has 1 unspecified atom stereocenters. The Morgan fingerprint density at radius 3 is 2.33 bits per heavy atom. The minimum Gasteiger partial charge on any atom is -0.479 e. The van der Waals surface area contributed by atoms with E-state index in [0.29, 0.717) is 6.42 Å². The van der Waals surface area contributed by atoms with E-state index >= 15 is 0 Å². The highest BCUT2D eigenvalue weighted by atomic mass is 16.4. The van der Waals surface area contributed by atoms with Crippen molar-refractivity contribution in [1.82, 2.24) is 0 Å². The zero-order valence-corrected chi connectivity index (χ0v) is 7.42. The predicted molar refractivity (Wildman–Crippen MR) is 44.8 cm³/mol. The molecule has 0 spiro atoms. The van der Waals surface area contributed by atoms with Gasteiger partial charge in [0, 0.05) is 0 Å². The standard InChI is InChI=1S/C9H16O3/c1-2-9(12,8(10)11)7-5-3-4-6-7/h7,12H,2-6H2,1H3,(H,10,11). The lowest BCUT2D eigenvalue weighted by Crippen LogP contribution is -2.44. The highest BCUT2D eigenvalue weighted by Gasteiger charge is 2.43. The Morgan fingerprint density at radius 1 is 1.50 bits per heavy atom. The van der Waals surface area contributed by atoms with E-state index in [1.54, 1.807) is 6.92 Å². The first-order chi connectivity index (χ1) is 5.61. The third kappa shape index (κ3) is 1.46. The molecule has 1 rings (SSSR count). The van der Waals surface area contributed by atoms with Gasteiger partial charge in [-0.3, -0.25) is 0 Å². The van der Waals surface area contributed by atoms with Gasteiger partial charge < -0.3 is 10.2 Å². The van der Waals surface area contributed by atoms with Gasteiger partial charge >= 0.3 is 5.97 Å². The fraction of sp³-hybridized carbons (Fsp3) is 0.889. The first-order valence-electron chi connectivity index (χ1n) is 4.57. The number of aliphatic hydroxyl groups is 1. The van der Waals surface area contributed by atoms with Crippen LogP contribution in [0.25, 0.3) is 0 Å². The van der Waals surface area contributed by atoms with Crippen molar-refractivity contribution in [2.24, 2.45) is 5.92 Å². The number of carboxylic acids is 1. The highest BCUT2D eigenvalue weighted by molar-refractivity contribution is 5.77. The van der Waals surface area contributed by atoms with E-state index in [0.717, 1.165) is 25.7 Å².